The molecule has 118 valence electrons. The predicted molar refractivity (Wildman–Crippen MR) is 91.6 cm³/mol. The molecule has 0 aliphatic carbocycles. The van der Waals surface area contributed by atoms with Gasteiger partial charge in [-0.15, -0.1) is 0 Å². The lowest BCUT2D eigenvalue weighted by molar-refractivity contribution is 0.100. The number of hydrogen-bond donors (Lipinski definition) is 3. The number of fused-ring (bicyclic) bond motifs is 3. The first-order chi connectivity index (χ1) is 11.1. The molecule has 1 aromatic heterocycles. The first-order valence-corrected chi connectivity index (χ1v) is 7.86. The van der Waals surface area contributed by atoms with Gasteiger partial charge >= 0.3 is 0 Å². The van der Waals surface area contributed by atoms with E-state index in [1.54, 1.807) is 0 Å². The SMILES string of the molecule is Cc1c(N2CCCC2O)cc2c([nH]c3ccccc32)c1C(N)=O. The van der Waals surface area contributed by atoms with Crippen molar-refractivity contribution in [3.8, 4) is 0 Å². The average Bonchev–Trinajstić information content (AvgIpc) is 3.09. The highest BCUT2D eigenvalue weighted by molar-refractivity contribution is 6.17. The highest BCUT2D eigenvalue weighted by Crippen LogP contribution is 2.37. The Morgan fingerprint density at radius 2 is 2.13 bits per heavy atom. The molecule has 4 rings (SSSR count). The van der Waals surface area contributed by atoms with Gasteiger partial charge in [0.05, 0.1) is 11.1 Å². The van der Waals surface area contributed by atoms with Crippen molar-refractivity contribution in [3.63, 3.8) is 0 Å². The van der Waals surface area contributed by atoms with Crippen LogP contribution in [-0.2, 0) is 0 Å². The van der Waals surface area contributed by atoms with Crippen molar-refractivity contribution in [3.05, 3.63) is 41.5 Å². The van der Waals surface area contributed by atoms with Crippen LogP contribution in [0.5, 0.6) is 0 Å². The lowest BCUT2D eigenvalue weighted by Crippen LogP contribution is -2.30. The number of anilines is 1. The van der Waals surface area contributed by atoms with E-state index in [0.717, 1.165) is 52.4 Å². The molecule has 1 atom stereocenters. The van der Waals surface area contributed by atoms with E-state index >= 15 is 0 Å². The fourth-order valence-electron chi connectivity index (χ4n) is 3.71. The summed E-state index contributed by atoms with van der Waals surface area (Å²) in [5.41, 5.74) is 9.63. The van der Waals surface area contributed by atoms with Crippen LogP contribution in [0.1, 0.15) is 28.8 Å². The van der Waals surface area contributed by atoms with Gasteiger partial charge in [-0.2, -0.15) is 0 Å². The topological polar surface area (TPSA) is 82.3 Å². The number of nitrogens with zero attached hydrogens (tertiary/aromatic N) is 1. The molecule has 0 saturated carbocycles. The van der Waals surface area contributed by atoms with Gasteiger partial charge in [0.25, 0.3) is 5.91 Å². The Morgan fingerprint density at radius 1 is 1.35 bits per heavy atom. The summed E-state index contributed by atoms with van der Waals surface area (Å²) in [7, 11) is 0. The molecule has 1 aliphatic heterocycles. The number of carbonyl (C=O) groups is 1. The Hall–Kier alpha value is -2.53. The molecule has 0 bridgehead atoms. The van der Waals surface area contributed by atoms with E-state index in [-0.39, 0.29) is 0 Å². The Kier molecular flexibility index (Phi) is 3.06. The van der Waals surface area contributed by atoms with Crippen LogP contribution >= 0.6 is 0 Å². The van der Waals surface area contributed by atoms with Crippen molar-refractivity contribution < 1.29 is 9.90 Å². The summed E-state index contributed by atoms with van der Waals surface area (Å²) in [6, 6.07) is 10.0. The zero-order valence-electron chi connectivity index (χ0n) is 13.0. The summed E-state index contributed by atoms with van der Waals surface area (Å²) < 4.78 is 0. The first-order valence-electron chi connectivity index (χ1n) is 7.86. The maximum absolute atomic E-state index is 12.1. The molecule has 2 aromatic carbocycles. The minimum absolute atomic E-state index is 0.449. The number of hydrogen-bond acceptors (Lipinski definition) is 3. The monoisotopic (exact) mass is 309 g/mol. The van der Waals surface area contributed by atoms with Gasteiger partial charge in [0.1, 0.15) is 6.23 Å². The summed E-state index contributed by atoms with van der Waals surface area (Å²) in [6.07, 6.45) is 1.19. The van der Waals surface area contributed by atoms with Crippen molar-refractivity contribution in [2.24, 2.45) is 5.73 Å². The number of amides is 1. The molecule has 23 heavy (non-hydrogen) atoms. The number of nitrogens with one attached hydrogen (secondary N) is 1. The maximum atomic E-state index is 12.1. The van der Waals surface area contributed by atoms with E-state index in [4.69, 9.17) is 5.73 Å². The van der Waals surface area contributed by atoms with E-state index < -0.39 is 12.1 Å². The standard InChI is InChI=1S/C18H19N3O2/c1-10-14(21-8-4-7-15(21)22)9-12-11-5-2-3-6-13(11)20-17(12)16(10)18(19)23/h2-3,5-6,9,15,20,22H,4,7-8H2,1H3,(H2,19,23). The van der Waals surface area contributed by atoms with Gasteiger partial charge in [-0.3, -0.25) is 4.79 Å². The number of rotatable bonds is 2. The smallest absolute Gasteiger partial charge is 0.251 e. The van der Waals surface area contributed by atoms with Gasteiger partial charge in [0.15, 0.2) is 0 Å². The molecule has 4 N–H and O–H groups in total. The van der Waals surface area contributed by atoms with Gasteiger partial charge in [-0.05, 0) is 37.5 Å². The summed E-state index contributed by atoms with van der Waals surface area (Å²) in [5, 5.41) is 12.3. The van der Waals surface area contributed by atoms with Crippen molar-refractivity contribution in [1.29, 1.82) is 0 Å². The lowest BCUT2D eigenvalue weighted by Gasteiger charge is -2.25. The average molecular weight is 309 g/mol. The number of nitrogens with two attached hydrogens (primary N) is 1. The molecule has 3 aromatic rings. The third-order valence-corrected chi connectivity index (χ3v) is 4.81. The molecular formula is C18H19N3O2. The number of aromatic nitrogens is 1. The molecule has 2 heterocycles. The second kappa shape index (κ2) is 4.99. The number of aliphatic hydroxyl groups is 1. The molecular weight excluding hydrogens is 290 g/mol. The maximum Gasteiger partial charge on any atom is 0.251 e. The zero-order valence-corrected chi connectivity index (χ0v) is 13.0. The molecule has 5 nitrogen and oxygen atoms in total. The lowest BCUT2D eigenvalue weighted by atomic mass is 10.00. The fourth-order valence-corrected chi connectivity index (χ4v) is 3.71. The number of para-hydroxylation sites is 1. The zero-order chi connectivity index (χ0) is 16.1. The second-order valence-corrected chi connectivity index (χ2v) is 6.17. The van der Waals surface area contributed by atoms with Crippen LogP contribution < -0.4 is 10.6 Å². The van der Waals surface area contributed by atoms with Crippen molar-refractivity contribution in [2.45, 2.75) is 26.0 Å². The number of aromatic amines is 1. The summed E-state index contributed by atoms with van der Waals surface area (Å²) in [5.74, 6) is -0.449. The normalized spacial score (nSPS) is 18.2. The van der Waals surface area contributed by atoms with Crippen LogP contribution in [0.15, 0.2) is 30.3 Å². The Labute approximate surface area is 133 Å². The third-order valence-electron chi connectivity index (χ3n) is 4.81. The van der Waals surface area contributed by atoms with Gasteiger partial charge in [0, 0.05) is 28.5 Å². The molecule has 1 unspecified atom stereocenters. The Balaban J connectivity index is 2.09. The van der Waals surface area contributed by atoms with E-state index in [9.17, 15) is 9.90 Å². The van der Waals surface area contributed by atoms with Crippen LogP contribution in [0, 0.1) is 6.92 Å². The number of carbonyl (C=O) groups excluding carboxylic acids is 1. The second-order valence-electron chi connectivity index (χ2n) is 6.17. The molecule has 1 saturated heterocycles. The summed E-state index contributed by atoms with van der Waals surface area (Å²) >= 11 is 0. The number of primary amides is 1. The molecule has 1 aliphatic rings. The van der Waals surface area contributed by atoms with Crippen LogP contribution in [0.3, 0.4) is 0 Å². The Morgan fingerprint density at radius 3 is 2.83 bits per heavy atom. The largest absolute Gasteiger partial charge is 0.374 e. The summed E-state index contributed by atoms with van der Waals surface area (Å²) in [4.78, 5) is 17.4. The van der Waals surface area contributed by atoms with E-state index in [2.05, 4.69) is 11.1 Å². The van der Waals surface area contributed by atoms with Crippen LogP contribution in [0.2, 0.25) is 0 Å². The Bertz CT molecular complexity index is 929. The molecule has 1 fully saturated rings. The third kappa shape index (κ3) is 2.00. The van der Waals surface area contributed by atoms with Gasteiger partial charge in [-0.1, -0.05) is 18.2 Å². The van der Waals surface area contributed by atoms with Crippen LogP contribution in [0.25, 0.3) is 21.8 Å². The van der Waals surface area contributed by atoms with E-state index in [0.29, 0.717) is 5.56 Å². The van der Waals surface area contributed by atoms with Crippen LogP contribution in [0.4, 0.5) is 5.69 Å². The number of benzene rings is 2. The van der Waals surface area contributed by atoms with Gasteiger partial charge in [0.2, 0.25) is 0 Å². The number of H-pyrrole nitrogens is 1. The van der Waals surface area contributed by atoms with Crippen molar-refractivity contribution in [1.82, 2.24) is 4.98 Å². The molecule has 5 heteroatoms. The van der Waals surface area contributed by atoms with Crippen LogP contribution in [-0.4, -0.2) is 28.8 Å². The van der Waals surface area contributed by atoms with Gasteiger partial charge < -0.3 is 20.7 Å². The van der Waals surface area contributed by atoms with E-state index in [1.165, 1.54) is 0 Å². The van der Waals surface area contributed by atoms with Crippen molar-refractivity contribution in [2.75, 3.05) is 11.4 Å². The highest BCUT2D eigenvalue weighted by atomic mass is 16.3. The highest BCUT2D eigenvalue weighted by Gasteiger charge is 2.27. The fraction of sp³-hybridized carbons (Fsp3) is 0.278. The predicted octanol–water partition coefficient (Wildman–Crippen LogP) is 2.65. The summed E-state index contributed by atoms with van der Waals surface area (Å²) in [6.45, 7) is 2.68. The minimum Gasteiger partial charge on any atom is -0.374 e. The molecule has 1 amide bonds. The van der Waals surface area contributed by atoms with E-state index in [1.807, 2.05) is 36.1 Å². The minimum atomic E-state index is -0.503. The number of aliphatic hydroxyl groups excluding tert-OH is 1. The van der Waals surface area contributed by atoms with Crippen molar-refractivity contribution >= 4 is 33.4 Å². The quantitative estimate of drug-likeness (QED) is 0.680. The molecule has 0 radical (unpaired) electrons. The van der Waals surface area contributed by atoms with Gasteiger partial charge in [-0.25, -0.2) is 0 Å². The first kappa shape index (κ1) is 14.1. The molecule has 0 spiro atoms.